The summed E-state index contributed by atoms with van der Waals surface area (Å²) >= 11 is 1.88. The van der Waals surface area contributed by atoms with Crippen LogP contribution < -0.4 is 0 Å². The minimum atomic E-state index is -0.500. The number of benzene rings is 9. The van der Waals surface area contributed by atoms with E-state index in [1.165, 1.54) is 59.9 Å². The monoisotopic (exact) mass is 823 g/mol. The number of rotatable bonds is 5. The topological polar surface area (TPSA) is 38.7 Å². The molecule has 4 heteroatoms. The van der Waals surface area contributed by atoms with E-state index >= 15 is 0 Å². The fraction of sp³-hybridized carbons (Fsp3) is 0.0678. The molecule has 2 aliphatic rings. The van der Waals surface area contributed by atoms with Gasteiger partial charge in [0.1, 0.15) is 0 Å². The first kappa shape index (κ1) is 37.4. The van der Waals surface area contributed by atoms with Crippen LogP contribution in [0.4, 0.5) is 0 Å². The van der Waals surface area contributed by atoms with Gasteiger partial charge in [-0.1, -0.05) is 214 Å². The molecule has 12 rings (SSSR count). The Labute approximate surface area is 372 Å². The molecular weight excluding hydrogens is 783 g/mol. The Bertz CT molecular complexity index is 3360. The number of nitrogens with zero attached hydrogens (tertiary/aromatic N) is 3. The molecule has 0 bridgehead atoms. The Hall–Kier alpha value is -7.40. The maximum absolute atomic E-state index is 5.33. The molecule has 1 aromatic heterocycles. The SMILES string of the molecule is CC1(C)c2ccccc2C2(c3ccccc3Sc3ccccc32)c2cccc(-c3cccc(-c4nc(-c5ccccc5)nc(-c5ccc(-c6ccccc6)c6ccccc56)n4)c3)c21. The van der Waals surface area contributed by atoms with Crippen molar-refractivity contribution in [2.24, 2.45) is 0 Å². The van der Waals surface area contributed by atoms with E-state index in [-0.39, 0.29) is 5.41 Å². The number of aromatic nitrogens is 3. The predicted octanol–water partition coefficient (Wildman–Crippen LogP) is 14.8. The molecule has 0 unspecified atom stereocenters. The standard InChI is InChI=1S/C59H41N3S/c1-58(2)47-28-11-12-29-48(47)59(49-30-13-15-33-52(49)63-53-34-16-14-31-50(53)59)51-32-18-27-43(54(51)58)40-23-17-24-41(37-40)56-60-55(39-21-7-4-8-22-39)61-57(62-56)46-36-35-42(38-19-5-3-6-20-38)44-25-9-10-26-45(44)46/h3-37H,1-2H3. The second-order valence-electron chi connectivity index (χ2n) is 17.1. The van der Waals surface area contributed by atoms with E-state index in [1.807, 2.05) is 30.0 Å². The van der Waals surface area contributed by atoms with Crippen molar-refractivity contribution in [3.63, 3.8) is 0 Å². The molecule has 3 nitrogen and oxygen atoms in total. The molecule has 0 saturated heterocycles. The number of hydrogen-bond donors (Lipinski definition) is 0. The summed E-state index contributed by atoms with van der Waals surface area (Å²) in [5.41, 5.74) is 14.7. The van der Waals surface area contributed by atoms with Gasteiger partial charge in [0.25, 0.3) is 0 Å². The van der Waals surface area contributed by atoms with Crippen LogP contribution in [0.25, 0.3) is 67.2 Å². The van der Waals surface area contributed by atoms with Crippen LogP contribution in [0, 0.1) is 0 Å². The fourth-order valence-electron chi connectivity index (χ4n) is 10.5. The van der Waals surface area contributed by atoms with Crippen LogP contribution in [0.3, 0.4) is 0 Å². The molecule has 0 fully saturated rings. The normalized spacial score (nSPS) is 14.1. The van der Waals surface area contributed by atoms with Crippen LogP contribution in [0.15, 0.2) is 222 Å². The van der Waals surface area contributed by atoms with Crippen molar-refractivity contribution in [1.82, 2.24) is 15.0 Å². The third-order valence-corrected chi connectivity index (χ3v) is 14.4. The smallest absolute Gasteiger partial charge is 0.164 e. The summed E-state index contributed by atoms with van der Waals surface area (Å²) in [6.07, 6.45) is 0. The van der Waals surface area contributed by atoms with Gasteiger partial charge in [0.05, 0.1) is 5.41 Å². The van der Waals surface area contributed by atoms with Gasteiger partial charge in [-0.2, -0.15) is 0 Å². The lowest BCUT2D eigenvalue weighted by Gasteiger charge is -2.51. The molecule has 0 amide bonds. The van der Waals surface area contributed by atoms with Crippen LogP contribution in [0.1, 0.15) is 47.2 Å². The van der Waals surface area contributed by atoms with E-state index in [1.54, 1.807) is 0 Å². The van der Waals surface area contributed by atoms with Gasteiger partial charge in [0.2, 0.25) is 0 Å². The third kappa shape index (κ3) is 5.78. The summed E-state index contributed by atoms with van der Waals surface area (Å²) in [5.74, 6) is 1.92. The van der Waals surface area contributed by atoms with Gasteiger partial charge in [0.15, 0.2) is 17.5 Å². The fourth-order valence-corrected chi connectivity index (χ4v) is 11.7. The van der Waals surface area contributed by atoms with Crippen molar-refractivity contribution in [3.8, 4) is 56.4 Å². The summed E-state index contributed by atoms with van der Waals surface area (Å²) in [6, 6.07) is 76.7. The Morgan fingerprint density at radius 3 is 1.51 bits per heavy atom. The zero-order valence-electron chi connectivity index (χ0n) is 35.0. The molecule has 2 heterocycles. The van der Waals surface area contributed by atoms with E-state index in [9.17, 15) is 0 Å². The molecule has 1 spiro atoms. The average Bonchev–Trinajstić information content (AvgIpc) is 3.35. The van der Waals surface area contributed by atoms with E-state index in [0.717, 1.165) is 33.0 Å². The molecule has 9 aromatic carbocycles. The zero-order valence-corrected chi connectivity index (χ0v) is 35.8. The highest BCUT2D eigenvalue weighted by molar-refractivity contribution is 7.99. The summed E-state index contributed by atoms with van der Waals surface area (Å²) in [6.45, 7) is 4.80. The second kappa shape index (κ2) is 14.6. The lowest BCUT2D eigenvalue weighted by Crippen LogP contribution is -2.43. The molecule has 10 aromatic rings. The van der Waals surface area contributed by atoms with Crippen LogP contribution >= 0.6 is 11.8 Å². The molecule has 1 aliphatic heterocycles. The first-order valence-corrected chi connectivity index (χ1v) is 22.4. The lowest BCUT2D eigenvalue weighted by atomic mass is 9.53. The van der Waals surface area contributed by atoms with Gasteiger partial charge in [-0.05, 0) is 90.7 Å². The van der Waals surface area contributed by atoms with Crippen molar-refractivity contribution in [2.75, 3.05) is 0 Å². The van der Waals surface area contributed by atoms with Crippen molar-refractivity contribution in [2.45, 2.75) is 34.5 Å². The first-order chi connectivity index (χ1) is 31.0. The van der Waals surface area contributed by atoms with Crippen LogP contribution in [0.2, 0.25) is 0 Å². The van der Waals surface area contributed by atoms with Crippen molar-refractivity contribution >= 4 is 22.5 Å². The largest absolute Gasteiger partial charge is 0.208 e. The van der Waals surface area contributed by atoms with Crippen LogP contribution in [-0.4, -0.2) is 15.0 Å². The van der Waals surface area contributed by atoms with Crippen molar-refractivity contribution in [3.05, 3.63) is 246 Å². The zero-order chi connectivity index (χ0) is 42.1. The van der Waals surface area contributed by atoms with Gasteiger partial charge in [-0.15, -0.1) is 0 Å². The third-order valence-electron chi connectivity index (χ3n) is 13.2. The molecule has 0 N–H and O–H groups in total. The van der Waals surface area contributed by atoms with Crippen molar-refractivity contribution < 1.29 is 0 Å². The van der Waals surface area contributed by atoms with Gasteiger partial charge < -0.3 is 0 Å². The van der Waals surface area contributed by atoms with Gasteiger partial charge >= 0.3 is 0 Å². The molecule has 0 atom stereocenters. The minimum absolute atomic E-state index is 0.313. The summed E-state index contributed by atoms with van der Waals surface area (Å²) < 4.78 is 0. The van der Waals surface area contributed by atoms with E-state index < -0.39 is 5.41 Å². The molecule has 298 valence electrons. The maximum Gasteiger partial charge on any atom is 0.164 e. The predicted molar refractivity (Wildman–Crippen MR) is 259 cm³/mol. The summed E-state index contributed by atoms with van der Waals surface area (Å²) in [7, 11) is 0. The molecular formula is C59H41N3S. The van der Waals surface area contributed by atoms with Gasteiger partial charge in [0, 0.05) is 31.9 Å². The molecule has 0 radical (unpaired) electrons. The average molecular weight is 824 g/mol. The minimum Gasteiger partial charge on any atom is -0.208 e. The number of hydrogen-bond acceptors (Lipinski definition) is 4. The van der Waals surface area contributed by atoms with E-state index in [2.05, 4.69) is 208 Å². The number of fused-ring (bicyclic) bond motifs is 9. The van der Waals surface area contributed by atoms with Crippen LogP contribution in [-0.2, 0) is 10.8 Å². The Morgan fingerprint density at radius 2 is 0.810 bits per heavy atom. The Morgan fingerprint density at radius 1 is 0.333 bits per heavy atom. The Kier molecular flexibility index (Phi) is 8.67. The molecule has 63 heavy (non-hydrogen) atoms. The highest BCUT2D eigenvalue weighted by Gasteiger charge is 2.52. The molecule has 1 aliphatic carbocycles. The lowest BCUT2D eigenvalue weighted by molar-refractivity contribution is 0.550. The van der Waals surface area contributed by atoms with Crippen molar-refractivity contribution in [1.29, 1.82) is 0 Å². The summed E-state index contributed by atoms with van der Waals surface area (Å²) in [5, 5.41) is 2.25. The van der Waals surface area contributed by atoms with E-state index in [4.69, 9.17) is 15.0 Å². The van der Waals surface area contributed by atoms with Gasteiger partial charge in [-0.25, -0.2) is 15.0 Å². The summed E-state index contributed by atoms with van der Waals surface area (Å²) in [4.78, 5) is 18.3. The second-order valence-corrected chi connectivity index (χ2v) is 18.2. The van der Waals surface area contributed by atoms with E-state index in [0.29, 0.717) is 17.5 Å². The van der Waals surface area contributed by atoms with Crippen LogP contribution in [0.5, 0.6) is 0 Å². The Balaban J connectivity index is 1.07. The maximum atomic E-state index is 5.33. The highest BCUT2D eigenvalue weighted by atomic mass is 32.2. The molecule has 0 saturated carbocycles. The van der Waals surface area contributed by atoms with Gasteiger partial charge in [-0.3, -0.25) is 0 Å². The first-order valence-electron chi connectivity index (χ1n) is 21.6. The quantitative estimate of drug-likeness (QED) is 0.173. The highest BCUT2D eigenvalue weighted by Crippen LogP contribution is 2.62.